The molecule has 0 fully saturated rings. The number of hydrogen-bond donors (Lipinski definition) is 0. The van der Waals surface area contributed by atoms with Gasteiger partial charge in [0.15, 0.2) is 0 Å². The molecule has 0 aliphatic carbocycles. The summed E-state index contributed by atoms with van der Waals surface area (Å²) in [5.74, 6) is 0. The molecule has 0 amide bonds. The van der Waals surface area contributed by atoms with Crippen LogP contribution in [0.4, 0.5) is 0 Å². The third kappa shape index (κ3) is 1.24. The average molecular weight is 231 g/mol. The van der Waals surface area contributed by atoms with Crippen molar-refractivity contribution in [3.05, 3.63) is 57.9 Å². The number of hydrogen-bond acceptors (Lipinski definition) is 2. The van der Waals surface area contributed by atoms with Crippen molar-refractivity contribution >= 4 is 33.3 Å². The topological polar surface area (TPSA) is 30.2 Å². The lowest BCUT2D eigenvalue weighted by atomic mass is 10.1. The Morgan fingerprint density at radius 1 is 0.938 bits per heavy atom. The van der Waals surface area contributed by atoms with Gasteiger partial charge < -0.3 is 4.42 Å². The number of para-hydroxylation sites is 1. The highest BCUT2D eigenvalue weighted by molar-refractivity contribution is 6.37. The van der Waals surface area contributed by atoms with Gasteiger partial charge in [-0.3, -0.25) is 0 Å². The molecule has 0 saturated carbocycles. The van der Waals surface area contributed by atoms with Crippen LogP contribution in [-0.2, 0) is 0 Å². The summed E-state index contributed by atoms with van der Waals surface area (Å²) >= 11 is 6.13. The fourth-order valence-corrected chi connectivity index (χ4v) is 2.16. The van der Waals surface area contributed by atoms with E-state index in [2.05, 4.69) is 0 Å². The number of benzene rings is 2. The van der Waals surface area contributed by atoms with Gasteiger partial charge in [0, 0.05) is 15.8 Å². The summed E-state index contributed by atoms with van der Waals surface area (Å²) in [5.41, 5.74) is 0.212. The molecule has 0 atom stereocenters. The van der Waals surface area contributed by atoms with E-state index in [0.29, 0.717) is 16.0 Å². The summed E-state index contributed by atoms with van der Waals surface area (Å²) in [6, 6.07) is 12.6. The van der Waals surface area contributed by atoms with E-state index in [-0.39, 0.29) is 5.63 Å². The van der Waals surface area contributed by atoms with Crippen LogP contribution < -0.4 is 5.63 Å². The molecule has 2 aromatic carbocycles. The number of halogens is 1. The van der Waals surface area contributed by atoms with Crippen LogP contribution in [0.3, 0.4) is 0 Å². The Kier molecular flexibility index (Phi) is 1.98. The fourth-order valence-electron chi connectivity index (χ4n) is 1.89. The summed E-state index contributed by atoms with van der Waals surface area (Å²) in [7, 11) is 0. The standard InChI is InChI=1S/C13H7ClO2/c14-10-6-3-5-9-12(10)8-4-1-2-7-11(8)16-13(9)15/h1-7H. The molecule has 0 saturated heterocycles. The summed E-state index contributed by atoms with van der Waals surface area (Å²) in [4.78, 5) is 11.7. The van der Waals surface area contributed by atoms with Crippen LogP contribution in [0.15, 0.2) is 51.7 Å². The monoisotopic (exact) mass is 230 g/mol. The maximum Gasteiger partial charge on any atom is 0.344 e. The Morgan fingerprint density at radius 3 is 2.56 bits per heavy atom. The van der Waals surface area contributed by atoms with Crippen LogP contribution >= 0.6 is 11.6 Å². The minimum atomic E-state index is -0.351. The van der Waals surface area contributed by atoms with Crippen LogP contribution in [0.1, 0.15) is 0 Å². The minimum Gasteiger partial charge on any atom is -0.422 e. The highest BCUT2D eigenvalue weighted by atomic mass is 35.5. The largest absolute Gasteiger partial charge is 0.422 e. The maximum absolute atomic E-state index is 11.7. The Bertz CT molecular complexity index is 744. The van der Waals surface area contributed by atoms with Crippen molar-refractivity contribution in [2.75, 3.05) is 0 Å². The van der Waals surface area contributed by atoms with E-state index in [1.807, 2.05) is 18.2 Å². The van der Waals surface area contributed by atoms with Crippen LogP contribution in [-0.4, -0.2) is 0 Å². The zero-order valence-electron chi connectivity index (χ0n) is 8.24. The second-order valence-corrected chi connectivity index (χ2v) is 3.96. The van der Waals surface area contributed by atoms with E-state index in [0.717, 1.165) is 10.8 Å². The maximum atomic E-state index is 11.7. The summed E-state index contributed by atoms with van der Waals surface area (Å²) in [6.45, 7) is 0. The lowest BCUT2D eigenvalue weighted by Crippen LogP contribution is -1.99. The molecule has 0 radical (unpaired) electrons. The van der Waals surface area contributed by atoms with Gasteiger partial charge in [-0.15, -0.1) is 0 Å². The van der Waals surface area contributed by atoms with E-state index in [9.17, 15) is 4.79 Å². The van der Waals surface area contributed by atoms with Gasteiger partial charge in [0.2, 0.25) is 0 Å². The molecular weight excluding hydrogens is 224 g/mol. The molecule has 16 heavy (non-hydrogen) atoms. The van der Waals surface area contributed by atoms with Crippen molar-refractivity contribution in [2.45, 2.75) is 0 Å². The van der Waals surface area contributed by atoms with E-state index < -0.39 is 0 Å². The molecular formula is C13H7ClO2. The van der Waals surface area contributed by atoms with Gasteiger partial charge in [-0.25, -0.2) is 4.79 Å². The van der Waals surface area contributed by atoms with Crippen LogP contribution in [0, 0.1) is 0 Å². The third-order valence-electron chi connectivity index (χ3n) is 2.59. The van der Waals surface area contributed by atoms with Gasteiger partial charge in [-0.1, -0.05) is 35.9 Å². The Balaban J connectivity index is 2.73. The van der Waals surface area contributed by atoms with Gasteiger partial charge in [-0.05, 0) is 18.2 Å². The molecule has 1 aromatic heterocycles. The SMILES string of the molecule is O=c1oc2ccccc2c2c(Cl)cccc12. The van der Waals surface area contributed by atoms with Crippen LogP contribution in [0.2, 0.25) is 5.02 Å². The highest BCUT2D eigenvalue weighted by Gasteiger charge is 2.08. The van der Waals surface area contributed by atoms with Crippen molar-refractivity contribution in [1.29, 1.82) is 0 Å². The lowest BCUT2D eigenvalue weighted by Gasteiger charge is -2.03. The number of rotatable bonds is 0. The molecule has 0 bridgehead atoms. The quantitative estimate of drug-likeness (QED) is 0.436. The van der Waals surface area contributed by atoms with Gasteiger partial charge in [-0.2, -0.15) is 0 Å². The average Bonchev–Trinajstić information content (AvgIpc) is 2.30. The first-order valence-electron chi connectivity index (χ1n) is 4.87. The predicted octanol–water partition coefficient (Wildman–Crippen LogP) is 3.60. The number of fused-ring (bicyclic) bond motifs is 3. The molecule has 3 rings (SSSR count). The van der Waals surface area contributed by atoms with Crippen molar-refractivity contribution in [1.82, 2.24) is 0 Å². The molecule has 0 spiro atoms. The minimum absolute atomic E-state index is 0.351. The zero-order valence-corrected chi connectivity index (χ0v) is 8.99. The summed E-state index contributed by atoms with van der Waals surface area (Å²) < 4.78 is 5.22. The van der Waals surface area contributed by atoms with Crippen molar-refractivity contribution in [3.63, 3.8) is 0 Å². The van der Waals surface area contributed by atoms with Crippen LogP contribution in [0.25, 0.3) is 21.7 Å². The molecule has 2 nitrogen and oxygen atoms in total. The predicted molar refractivity (Wildman–Crippen MR) is 65.0 cm³/mol. The first-order valence-corrected chi connectivity index (χ1v) is 5.25. The Hall–Kier alpha value is -1.80. The Labute approximate surface area is 96.1 Å². The molecule has 0 aliphatic rings. The molecule has 0 unspecified atom stereocenters. The summed E-state index contributed by atoms with van der Waals surface area (Å²) in [5, 5.41) is 2.71. The second-order valence-electron chi connectivity index (χ2n) is 3.55. The van der Waals surface area contributed by atoms with Gasteiger partial charge >= 0.3 is 5.63 Å². The first kappa shape index (κ1) is 9.43. The second kappa shape index (κ2) is 3.35. The Morgan fingerprint density at radius 2 is 1.69 bits per heavy atom. The van der Waals surface area contributed by atoms with E-state index in [1.54, 1.807) is 24.3 Å². The smallest absolute Gasteiger partial charge is 0.344 e. The van der Waals surface area contributed by atoms with E-state index in [4.69, 9.17) is 16.0 Å². The van der Waals surface area contributed by atoms with Gasteiger partial charge in [0.1, 0.15) is 5.58 Å². The third-order valence-corrected chi connectivity index (χ3v) is 2.91. The first-order chi connectivity index (χ1) is 7.77. The molecule has 0 N–H and O–H groups in total. The van der Waals surface area contributed by atoms with Gasteiger partial charge in [0.25, 0.3) is 0 Å². The fraction of sp³-hybridized carbons (Fsp3) is 0. The van der Waals surface area contributed by atoms with Crippen LogP contribution in [0.5, 0.6) is 0 Å². The molecule has 1 heterocycles. The normalized spacial score (nSPS) is 11.1. The molecule has 3 heteroatoms. The molecule has 78 valence electrons. The van der Waals surface area contributed by atoms with Crippen molar-refractivity contribution in [2.24, 2.45) is 0 Å². The lowest BCUT2D eigenvalue weighted by molar-refractivity contribution is 0.569. The van der Waals surface area contributed by atoms with Crippen molar-refractivity contribution in [3.8, 4) is 0 Å². The molecule has 0 aliphatic heterocycles. The zero-order chi connectivity index (χ0) is 11.1. The van der Waals surface area contributed by atoms with E-state index >= 15 is 0 Å². The summed E-state index contributed by atoms with van der Waals surface area (Å²) in [6.07, 6.45) is 0. The van der Waals surface area contributed by atoms with Gasteiger partial charge in [0.05, 0.1) is 5.39 Å². The highest BCUT2D eigenvalue weighted by Crippen LogP contribution is 2.28. The van der Waals surface area contributed by atoms with Crippen molar-refractivity contribution < 1.29 is 4.42 Å². The molecule has 3 aromatic rings. The van der Waals surface area contributed by atoms with E-state index in [1.165, 1.54) is 0 Å².